The number of aliphatic hydroxyl groups excluding tert-OH is 1. The first-order valence-electron chi connectivity index (χ1n) is 20.5. The second kappa shape index (κ2) is 18.7. The summed E-state index contributed by atoms with van der Waals surface area (Å²) in [6.45, 7) is 17.0. The first kappa shape index (κ1) is 46.1. The van der Waals surface area contributed by atoms with Gasteiger partial charge in [-0.05, 0) is 104 Å². The van der Waals surface area contributed by atoms with Crippen molar-refractivity contribution < 1.29 is 42.1 Å². The Bertz CT molecular complexity index is 1910. The Morgan fingerprint density at radius 2 is 1.69 bits per heavy atom. The molecule has 58 heavy (non-hydrogen) atoms. The number of ketones is 1. The van der Waals surface area contributed by atoms with Crippen molar-refractivity contribution in [3.05, 3.63) is 60.9 Å². The van der Waals surface area contributed by atoms with Gasteiger partial charge in [0.2, 0.25) is 10.0 Å². The molecule has 0 spiro atoms. The van der Waals surface area contributed by atoms with Crippen LogP contribution in [-0.2, 0) is 38.6 Å². The molecule has 0 unspecified atom stereocenters. The van der Waals surface area contributed by atoms with Crippen LogP contribution in [0, 0.1) is 17.3 Å². The Morgan fingerprint density at radius 3 is 2.31 bits per heavy atom. The molecule has 10 atom stereocenters. The zero-order chi connectivity index (χ0) is 42.7. The van der Waals surface area contributed by atoms with Crippen LogP contribution >= 0.6 is 0 Å². The monoisotopic (exact) mass is 826 g/mol. The normalized spacial score (nSPS) is 34.1. The average molecular weight is 827 g/mol. The third kappa shape index (κ3) is 9.95. The minimum atomic E-state index is -3.71. The highest BCUT2D eigenvalue weighted by Gasteiger charge is 2.52. The number of sulfonamides is 1. The Balaban J connectivity index is 1.40. The molecule has 3 heterocycles. The van der Waals surface area contributed by atoms with Crippen molar-refractivity contribution in [2.45, 2.75) is 108 Å². The second-order valence-corrected chi connectivity index (χ2v) is 19.5. The number of carbonyl (C=O) groups excluding carboxylic acids is 2. The van der Waals surface area contributed by atoms with Crippen molar-refractivity contribution in [3.8, 4) is 0 Å². The zero-order valence-electron chi connectivity index (χ0n) is 36.1. The number of hydrogen-bond acceptors (Lipinski definition) is 12. The molecule has 0 amide bonds. The summed E-state index contributed by atoms with van der Waals surface area (Å²) in [6, 6.07) is 12.4. The van der Waals surface area contributed by atoms with Crippen LogP contribution in [0.4, 0.5) is 0 Å². The summed E-state index contributed by atoms with van der Waals surface area (Å²) in [5, 5.41) is 13.3. The van der Waals surface area contributed by atoms with Gasteiger partial charge in [-0.25, -0.2) is 8.42 Å². The molecule has 14 heteroatoms. The van der Waals surface area contributed by atoms with Crippen molar-refractivity contribution >= 4 is 32.5 Å². The van der Waals surface area contributed by atoms with E-state index in [9.17, 15) is 23.1 Å². The molecule has 0 aromatic heterocycles. The number of ether oxygens (including phenoxy) is 4. The van der Waals surface area contributed by atoms with Gasteiger partial charge in [-0.2, -0.15) is 4.31 Å². The third-order valence-corrected chi connectivity index (χ3v) is 14.6. The number of carbonyl (C=O) groups is 2. The molecule has 0 radical (unpaired) electrons. The molecule has 3 aliphatic rings. The number of esters is 1. The average Bonchev–Trinajstić information content (AvgIpc) is 3.18. The highest BCUT2D eigenvalue weighted by atomic mass is 32.2. The summed E-state index contributed by atoms with van der Waals surface area (Å²) in [6.07, 6.45) is -0.976. The fourth-order valence-electron chi connectivity index (χ4n) is 9.02. The van der Waals surface area contributed by atoms with Crippen LogP contribution < -0.4 is 0 Å². The van der Waals surface area contributed by atoms with Crippen LogP contribution in [0.1, 0.15) is 54.4 Å². The van der Waals surface area contributed by atoms with Crippen molar-refractivity contribution in [3.63, 3.8) is 0 Å². The molecule has 3 fully saturated rings. The number of rotatable bonds is 9. The number of nitrogens with zero attached hydrogens (tertiary/aromatic N) is 4. The predicted molar refractivity (Wildman–Crippen MR) is 224 cm³/mol. The van der Waals surface area contributed by atoms with Crippen molar-refractivity contribution in [1.29, 1.82) is 0 Å². The Hall–Kier alpha value is -3.01. The van der Waals surface area contributed by atoms with E-state index in [2.05, 4.69) is 22.1 Å². The number of aliphatic hydroxyl groups is 1. The predicted octanol–water partition coefficient (Wildman–Crippen LogP) is 4.19. The first-order chi connectivity index (χ1) is 27.2. The highest BCUT2D eigenvalue weighted by Crippen LogP contribution is 2.39. The largest absolute Gasteiger partial charge is 0.460 e. The summed E-state index contributed by atoms with van der Waals surface area (Å²) in [7, 11) is 3.64. The van der Waals surface area contributed by atoms with E-state index >= 15 is 0 Å². The van der Waals surface area contributed by atoms with Crippen molar-refractivity contribution in [1.82, 2.24) is 19.0 Å². The summed E-state index contributed by atoms with van der Waals surface area (Å²) >= 11 is 0. The first-order valence-corrected chi connectivity index (χ1v) is 21.9. The van der Waals surface area contributed by atoms with E-state index in [4.69, 9.17) is 18.9 Å². The molecule has 0 bridgehead atoms. The zero-order valence-corrected chi connectivity index (χ0v) is 36.9. The second-order valence-electron chi connectivity index (χ2n) is 17.6. The van der Waals surface area contributed by atoms with Crippen LogP contribution in [0.5, 0.6) is 0 Å². The van der Waals surface area contributed by atoms with E-state index in [0.29, 0.717) is 52.1 Å². The third-order valence-electron chi connectivity index (χ3n) is 12.7. The molecule has 3 aliphatic heterocycles. The lowest BCUT2D eigenvalue weighted by Crippen LogP contribution is -2.59. The molecule has 0 aliphatic carbocycles. The van der Waals surface area contributed by atoms with E-state index < -0.39 is 57.5 Å². The van der Waals surface area contributed by atoms with Crippen LogP contribution in [0.2, 0.25) is 0 Å². The molecule has 5 rings (SSSR count). The van der Waals surface area contributed by atoms with Crippen LogP contribution in [0.3, 0.4) is 0 Å². The van der Waals surface area contributed by atoms with E-state index in [-0.39, 0.29) is 34.8 Å². The fourth-order valence-corrected chi connectivity index (χ4v) is 10.5. The Labute approximate surface area is 345 Å². The van der Waals surface area contributed by atoms with Gasteiger partial charge in [-0.15, -0.1) is 5.73 Å². The number of cyclic esters (lactones) is 1. The van der Waals surface area contributed by atoms with Gasteiger partial charge in [-0.3, -0.25) is 19.4 Å². The minimum absolute atomic E-state index is 0.199. The standard InChI is InChI=1S/C44H66N4O9S/c1-12-15-32-26-44(7,54-11)40(57-41-38(49)36(45(8)9)24-29(2)55-41)30(3)39(50)43(5,6)42(51)56-31(4)37(46(10)27-32)28-47-20-22-48(23-21-47)58(52,53)35-19-18-33-16-13-14-17-34(33)25-35/h13-19,25,29-32,36-38,40-41,49H,1,20-24,26-28H2,2-11H3/t29-,30+,31+,32-,36+,37+,38-,40-,41+,44-/m1/s1. The van der Waals surface area contributed by atoms with Gasteiger partial charge in [0.05, 0.1) is 28.7 Å². The summed E-state index contributed by atoms with van der Waals surface area (Å²) in [5.74, 6) is -2.12. The van der Waals surface area contributed by atoms with Crippen LogP contribution in [0.25, 0.3) is 10.8 Å². The molecular formula is C44H66N4O9S. The molecule has 13 nitrogen and oxygen atoms in total. The van der Waals surface area contributed by atoms with Gasteiger partial charge in [0.25, 0.3) is 0 Å². The van der Waals surface area contributed by atoms with Gasteiger partial charge in [-0.1, -0.05) is 43.8 Å². The molecule has 322 valence electrons. The van der Waals surface area contributed by atoms with Gasteiger partial charge in [0, 0.05) is 58.3 Å². The van der Waals surface area contributed by atoms with Gasteiger partial charge < -0.3 is 29.0 Å². The number of Topliss-reactive ketones (excluding diaryl/α,β-unsaturated/α-hetero) is 1. The van der Waals surface area contributed by atoms with Crippen LogP contribution in [0.15, 0.2) is 65.7 Å². The van der Waals surface area contributed by atoms with E-state index in [1.54, 1.807) is 40.0 Å². The maximum absolute atomic E-state index is 14.6. The number of methoxy groups -OCH3 is 1. The number of fused-ring (bicyclic) bond motifs is 1. The summed E-state index contributed by atoms with van der Waals surface area (Å²) in [4.78, 5) is 35.2. The highest BCUT2D eigenvalue weighted by molar-refractivity contribution is 7.89. The van der Waals surface area contributed by atoms with Gasteiger partial charge in [0.1, 0.15) is 17.6 Å². The Morgan fingerprint density at radius 1 is 1.03 bits per heavy atom. The van der Waals surface area contributed by atoms with Gasteiger partial charge in [0.15, 0.2) is 12.1 Å². The topological polar surface area (TPSA) is 138 Å². The van der Waals surface area contributed by atoms with Crippen molar-refractivity contribution in [2.75, 3.05) is 67.5 Å². The van der Waals surface area contributed by atoms with Gasteiger partial charge >= 0.3 is 5.97 Å². The Kier molecular flexibility index (Phi) is 14.9. The lowest BCUT2D eigenvalue weighted by Gasteiger charge is -2.47. The minimum Gasteiger partial charge on any atom is -0.460 e. The lowest BCUT2D eigenvalue weighted by molar-refractivity contribution is -0.295. The van der Waals surface area contributed by atoms with Crippen molar-refractivity contribution in [2.24, 2.45) is 17.3 Å². The lowest BCUT2D eigenvalue weighted by atomic mass is 9.74. The molecule has 0 saturated carbocycles. The SMILES string of the molecule is C=C=C[C@H]1CN(C)[C@@H](CN2CCN(S(=O)(=O)c3ccc4ccccc4c3)CC2)[C@H](C)OC(=O)C(C)(C)C(=O)[C@H](C)[C@@H](O[C@@H]2O[C@H](C)C[C@H](N(C)C)[C@H]2O)[C@](C)(OC)C1. The number of hydrogen-bond donors (Lipinski definition) is 1. The number of likely N-dealkylation sites (N-methyl/N-ethyl adjacent to an activating group) is 2. The maximum atomic E-state index is 14.6. The number of piperazine rings is 1. The molecule has 1 N–H and O–H groups in total. The van der Waals surface area contributed by atoms with E-state index in [0.717, 1.165) is 10.8 Å². The fraction of sp³-hybridized carbons (Fsp3) is 0.659. The number of benzene rings is 2. The summed E-state index contributed by atoms with van der Waals surface area (Å²) in [5.41, 5.74) is 0.305. The molecular weight excluding hydrogens is 761 g/mol. The van der Waals surface area contributed by atoms with Crippen LogP contribution in [-0.4, -0.2) is 160 Å². The molecule has 2 aromatic carbocycles. The van der Waals surface area contributed by atoms with E-state index in [1.807, 2.05) is 83.2 Å². The molecule has 3 saturated heterocycles. The summed E-state index contributed by atoms with van der Waals surface area (Å²) < 4.78 is 54.5. The quantitative estimate of drug-likeness (QED) is 0.221. The molecule has 2 aromatic rings. The maximum Gasteiger partial charge on any atom is 0.319 e. The van der Waals surface area contributed by atoms with E-state index in [1.165, 1.54) is 4.31 Å². The smallest absolute Gasteiger partial charge is 0.319 e.